The molecule has 0 atom stereocenters. The lowest BCUT2D eigenvalue weighted by atomic mass is 10.2. The number of nitrogens with two attached hydrogens (primary N) is 1. The summed E-state index contributed by atoms with van der Waals surface area (Å²) >= 11 is 0. The first kappa shape index (κ1) is 24.8. The Labute approximate surface area is 200 Å². The summed E-state index contributed by atoms with van der Waals surface area (Å²) in [6.07, 6.45) is 1.82. The highest BCUT2D eigenvalue weighted by Gasteiger charge is 2.11. The van der Waals surface area contributed by atoms with Crippen LogP contribution >= 0.6 is 24.0 Å². The summed E-state index contributed by atoms with van der Waals surface area (Å²) in [6.45, 7) is 3.55. The number of sulfonamides is 1. The molecule has 0 unspecified atom stereocenters. The molecule has 0 aliphatic rings. The van der Waals surface area contributed by atoms with Gasteiger partial charge in [0.1, 0.15) is 5.82 Å². The molecular weight excluding hydrogens is 527 g/mol. The number of hydrogen-bond acceptors (Lipinski definition) is 4. The Bertz CT molecular complexity index is 1120. The van der Waals surface area contributed by atoms with E-state index in [1.807, 2.05) is 61.5 Å². The van der Waals surface area contributed by atoms with Gasteiger partial charge >= 0.3 is 0 Å². The number of primary sulfonamides is 1. The summed E-state index contributed by atoms with van der Waals surface area (Å²) in [5.41, 5.74) is 2.80. The van der Waals surface area contributed by atoms with E-state index in [1.165, 1.54) is 6.07 Å². The number of H-pyrrole nitrogens is 1. The van der Waals surface area contributed by atoms with Crippen molar-refractivity contribution in [1.29, 1.82) is 0 Å². The van der Waals surface area contributed by atoms with Crippen molar-refractivity contribution in [2.45, 2.75) is 24.9 Å². The van der Waals surface area contributed by atoms with Crippen LogP contribution < -0.4 is 10.5 Å². The molecule has 10 heteroatoms. The lowest BCUT2D eigenvalue weighted by molar-refractivity contribution is 0.464. The van der Waals surface area contributed by atoms with E-state index in [9.17, 15) is 8.42 Å². The largest absolute Gasteiger partial charge is 0.357 e. The van der Waals surface area contributed by atoms with Gasteiger partial charge in [-0.3, -0.25) is 0 Å². The zero-order chi connectivity index (χ0) is 21.6. The van der Waals surface area contributed by atoms with Crippen molar-refractivity contribution in [3.8, 4) is 11.3 Å². The van der Waals surface area contributed by atoms with Crippen molar-refractivity contribution in [3.63, 3.8) is 0 Å². The van der Waals surface area contributed by atoms with E-state index in [4.69, 9.17) is 5.14 Å². The van der Waals surface area contributed by atoms with Gasteiger partial charge in [0, 0.05) is 13.6 Å². The van der Waals surface area contributed by atoms with Crippen LogP contribution in [0, 0.1) is 0 Å². The van der Waals surface area contributed by atoms with Crippen molar-refractivity contribution in [2.75, 3.05) is 13.6 Å². The minimum atomic E-state index is -3.74. The van der Waals surface area contributed by atoms with Crippen molar-refractivity contribution in [3.05, 3.63) is 72.2 Å². The predicted molar refractivity (Wildman–Crippen MR) is 134 cm³/mol. The first-order chi connectivity index (χ1) is 14.4. The van der Waals surface area contributed by atoms with Gasteiger partial charge in [0.15, 0.2) is 5.96 Å². The fourth-order valence-electron chi connectivity index (χ4n) is 2.96. The second-order valence-electron chi connectivity index (χ2n) is 6.83. The van der Waals surface area contributed by atoms with Gasteiger partial charge in [-0.25, -0.2) is 23.5 Å². The predicted octanol–water partition coefficient (Wildman–Crippen LogP) is 2.94. The lowest BCUT2D eigenvalue weighted by Crippen LogP contribution is -2.38. The van der Waals surface area contributed by atoms with Crippen LogP contribution in [0.1, 0.15) is 18.3 Å². The Kier molecular flexibility index (Phi) is 9.01. The summed E-state index contributed by atoms with van der Waals surface area (Å²) in [4.78, 5) is 14.5. The number of nitrogens with one attached hydrogen (secondary N) is 2. The molecule has 31 heavy (non-hydrogen) atoms. The number of halogens is 1. The molecule has 8 nitrogen and oxygen atoms in total. The third-order valence-corrected chi connectivity index (χ3v) is 5.35. The van der Waals surface area contributed by atoms with Crippen LogP contribution in [-0.2, 0) is 23.1 Å². The zero-order valence-electron chi connectivity index (χ0n) is 17.4. The maximum atomic E-state index is 11.6. The quantitative estimate of drug-likeness (QED) is 0.236. The summed E-state index contributed by atoms with van der Waals surface area (Å²) in [5, 5.41) is 8.46. The van der Waals surface area contributed by atoms with Crippen molar-refractivity contribution in [1.82, 2.24) is 20.2 Å². The number of aromatic amines is 1. The van der Waals surface area contributed by atoms with Gasteiger partial charge in [-0.1, -0.05) is 42.5 Å². The number of aliphatic imine (C=N–C) groups is 1. The molecule has 2 aromatic carbocycles. The third kappa shape index (κ3) is 7.04. The highest BCUT2D eigenvalue weighted by atomic mass is 127. The highest BCUT2D eigenvalue weighted by molar-refractivity contribution is 14.0. The Morgan fingerprint density at radius 1 is 1.19 bits per heavy atom. The van der Waals surface area contributed by atoms with Crippen LogP contribution in [0.3, 0.4) is 0 Å². The van der Waals surface area contributed by atoms with Crippen molar-refractivity contribution in [2.24, 2.45) is 10.1 Å². The zero-order valence-corrected chi connectivity index (χ0v) is 20.6. The molecule has 0 spiro atoms. The Balaban J connectivity index is 0.00000341. The van der Waals surface area contributed by atoms with E-state index < -0.39 is 10.0 Å². The van der Waals surface area contributed by atoms with Gasteiger partial charge in [-0.2, -0.15) is 0 Å². The van der Waals surface area contributed by atoms with Gasteiger partial charge in [0.2, 0.25) is 10.0 Å². The molecule has 0 amide bonds. The fraction of sp³-hybridized carbons (Fsp3) is 0.238. The molecule has 0 saturated carbocycles. The normalized spacial score (nSPS) is 11.6. The number of guanidine groups is 1. The number of nitrogens with zero attached hydrogens (tertiary/aromatic N) is 3. The van der Waals surface area contributed by atoms with Crippen LogP contribution in [0.2, 0.25) is 0 Å². The van der Waals surface area contributed by atoms with Gasteiger partial charge in [0.25, 0.3) is 0 Å². The van der Waals surface area contributed by atoms with Crippen molar-refractivity contribution >= 4 is 40.0 Å². The summed E-state index contributed by atoms with van der Waals surface area (Å²) < 4.78 is 23.1. The van der Waals surface area contributed by atoms with Crippen LogP contribution in [0.25, 0.3) is 11.3 Å². The molecule has 0 fully saturated rings. The van der Waals surface area contributed by atoms with E-state index in [2.05, 4.69) is 20.3 Å². The number of aromatic nitrogens is 2. The first-order valence-corrected chi connectivity index (χ1v) is 11.1. The molecule has 3 aromatic rings. The third-order valence-electron chi connectivity index (χ3n) is 4.44. The Morgan fingerprint density at radius 2 is 1.94 bits per heavy atom. The fourth-order valence-corrected chi connectivity index (χ4v) is 3.55. The van der Waals surface area contributed by atoms with E-state index in [0.29, 0.717) is 25.6 Å². The molecule has 4 N–H and O–H groups in total. The summed E-state index contributed by atoms with van der Waals surface area (Å²) in [5.74, 6) is 1.51. The average molecular weight is 554 g/mol. The minimum absolute atomic E-state index is 0. The maximum absolute atomic E-state index is 11.6. The van der Waals surface area contributed by atoms with E-state index in [-0.39, 0.29) is 28.9 Å². The van der Waals surface area contributed by atoms with Gasteiger partial charge in [-0.05, 0) is 30.2 Å². The second kappa shape index (κ2) is 11.3. The smallest absolute Gasteiger partial charge is 0.238 e. The Hall–Kier alpha value is -2.44. The molecule has 166 valence electrons. The monoisotopic (exact) mass is 554 g/mol. The van der Waals surface area contributed by atoms with Gasteiger partial charge < -0.3 is 15.2 Å². The van der Waals surface area contributed by atoms with E-state index >= 15 is 0 Å². The number of benzene rings is 2. The molecular formula is C21H27IN6O2S. The van der Waals surface area contributed by atoms with Gasteiger partial charge in [0.05, 0.1) is 29.9 Å². The minimum Gasteiger partial charge on any atom is -0.357 e. The van der Waals surface area contributed by atoms with Crippen LogP contribution in [0.5, 0.6) is 0 Å². The molecule has 3 rings (SSSR count). The lowest BCUT2D eigenvalue weighted by Gasteiger charge is -2.21. The van der Waals surface area contributed by atoms with Crippen LogP contribution in [0.15, 0.2) is 70.7 Å². The number of imidazole rings is 1. The van der Waals surface area contributed by atoms with Gasteiger partial charge in [-0.15, -0.1) is 24.0 Å². The second-order valence-corrected chi connectivity index (χ2v) is 8.39. The topological polar surface area (TPSA) is 116 Å². The molecule has 0 radical (unpaired) electrons. The summed E-state index contributed by atoms with van der Waals surface area (Å²) in [6, 6.07) is 16.5. The molecule has 0 bridgehead atoms. The maximum Gasteiger partial charge on any atom is 0.238 e. The molecule has 1 heterocycles. The molecule has 1 aromatic heterocycles. The van der Waals surface area contributed by atoms with Crippen molar-refractivity contribution < 1.29 is 8.42 Å². The highest BCUT2D eigenvalue weighted by Crippen LogP contribution is 2.16. The average Bonchev–Trinajstić information content (AvgIpc) is 3.20. The SMILES string of the molecule is CCNC(=NCc1cccc(S(N)(=O)=O)c1)N(C)Cc1ncc(-c2ccccc2)[nH]1.I. The summed E-state index contributed by atoms with van der Waals surface area (Å²) in [7, 11) is -1.82. The van der Waals surface area contributed by atoms with E-state index in [0.717, 1.165) is 22.6 Å². The standard InChI is InChI=1S/C21H26N6O2S.HI/c1-3-23-21(25-13-16-8-7-11-18(12-16)30(22,28)29)27(2)15-20-24-14-19(26-20)17-9-5-4-6-10-17;/h4-12,14H,3,13,15H2,1-2H3,(H,23,25)(H,24,26)(H2,22,28,29);1H. The van der Waals surface area contributed by atoms with E-state index in [1.54, 1.807) is 12.1 Å². The molecule has 0 saturated heterocycles. The Morgan fingerprint density at radius 3 is 2.61 bits per heavy atom. The van der Waals surface area contributed by atoms with Crippen LogP contribution in [-0.4, -0.2) is 42.8 Å². The first-order valence-electron chi connectivity index (χ1n) is 9.57. The molecule has 0 aliphatic carbocycles. The van der Waals surface area contributed by atoms with Crippen LogP contribution in [0.4, 0.5) is 0 Å². The molecule has 0 aliphatic heterocycles. The number of rotatable bonds is 7. The number of hydrogen-bond donors (Lipinski definition) is 3.